The van der Waals surface area contributed by atoms with Gasteiger partial charge in [-0.05, 0) is 25.5 Å². The molecule has 80 valence electrons. The topological polar surface area (TPSA) is 35.3 Å². The van der Waals surface area contributed by atoms with E-state index < -0.39 is 0 Å². The van der Waals surface area contributed by atoms with Crippen LogP contribution in [0.3, 0.4) is 0 Å². The maximum absolute atomic E-state index is 5.55. The predicted molar refractivity (Wildman–Crippen MR) is 62.7 cm³/mol. The maximum atomic E-state index is 5.55. The zero-order valence-electron chi connectivity index (χ0n) is 8.50. The van der Waals surface area contributed by atoms with Gasteiger partial charge in [0.25, 0.3) is 0 Å². The summed E-state index contributed by atoms with van der Waals surface area (Å²) in [6, 6.07) is 5.80. The van der Waals surface area contributed by atoms with Crippen molar-refractivity contribution in [1.29, 1.82) is 0 Å². The van der Waals surface area contributed by atoms with E-state index in [1.807, 2.05) is 25.1 Å². The molecular weight excluding hydrogens is 258 g/mol. The van der Waals surface area contributed by atoms with Gasteiger partial charge in [-0.25, -0.2) is 0 Å². The largest absolute Gasteiger partial charge is 0.493 e. The van der Waals surface area contributed by atoms with Crippen molar-refractivity contribution in [2.75, 3.05) is 11.9 Å². The Morgan fingerprint density at radius 3 is 3.13 bits per heavy atom. The van der Waals surface area contributed by atoms with E-state index in [1.165, 1.54) is 0 Å². The molecule has 2 aromatic rings. The minimum Gasteiger partial charge on any atom is -0.493 e. The molecule has 0 amide bonds. The van der Waals surface area contributed by atoms with E-state index in [1.54, 1.807) is 0 Å². The molecule has 0 saturated heterocycles. The van der Waals surface area contributed by atoms with Crippen molar-refractivity contribution in [3.05, 3.63) is 23.9 Å². The normalized spacial score (nSPS) is 10.8. The highest BCUT2D eigenvalue weighted by atomic mass is 79.9. The van der Waals surface area contributed by atoms with Gasteiger partial charge in [-0.1, -0.05) is 21.1 Å². The monoisotopic (exact) mass is 269 g/mol. The molecule has 2 rings (SSSR count). The van der Waals surface area contributed by atoms with Crippen molar-refractivity contribution >= 4 is 26.9 Å². The van der Waals surface area contributed by atoms with E-state index in [9.17, 15) is 0 Å². The Balaban J connectivity index is 2.16. The van der Waals surface area contributed by atoms with Gasteiger partial charge in [0.15, 0.2) is 5.58 Å². The first kappa shape index (κ1) is 10.5. The van der Waals surface area contributed by atoms with Gasteiger partial charge in [-0.15, -0.1) is 0 Å². The van der Waals surface area contributed by atoms with Crippen molar-refractivity contribution < 1.29 is 9.26 Å². The number of halogens is 1. The molecule has 0 aliphatic heterocycles. The highest BCUT2D eigenvalue weighted by Crippen LogP contribution is 2.23. The first-order chi connectivity index (χ1) is 7.31. The first-order valence-electron chi connectivity index (χ1n) is 4.86. The summed E-state index contributed by atoms with van der Waals surface area (Å²) in [7, 11) is 0. The molecular formula is C11H12BrNO2. The summed E-state index contributed by atoms with van der Waals surface area (Å²) in [6.45, 7) is 2.64. The Kier molecular flexibility index (Phi) is 3.26. The molecule has 0 atom stereocenters. The van der Waals surface area contributed by atoms with E-state index in [0.29, 0.717) is 6.61 Å². The number of rotatable bonds is 4. The molecule has 1 heterocycles. The summed E-state index contributed by atoms with van der Waals surface area (Å²) in [6.07, 6.45) is 0.994. The van der Waals surface area contributed by atoms with Gasteiger partial charge < -0.3 is 9.26 Å². The maximum Gasteiger partial charge on any atom is 0.170 e. The first-order valence-corrected chi connectivity index (χ1v) is 5.98. The molecule has 0 unspecified atom stereocenters. The van der Waals surface area contributed by atoms with Crippen LogP contribution < -0.4 is 4.74 Å². The quantitative estimate of drug-likeness (QED) is 0.631. The van der Waals surface area contributed by atoms with E-state index >= 15 is 0 Å². The Bertz CT molecular complexity index is 453. The predicted octanol–water partition coefficient (Wildman–Crippen LogP) is 3.30. The van der Waals surface area contributed by atoms with Crippen LogP contribution in [-0.2, 0) is 0 Å². The lowest BCUT2D eigenvalue weighted by Crippen LogP contribution is -1.97. The lowest BCUT2D eigenvalue weighted by Gasteiger charge is -2.03. The molecule has 0 saturated carbocycles. The van der Waals surface area contributed by atoms with Crippen LogP contribution in [0.5, 0.6) is 5.75 Å². The van der Waals surface area contributed by atoms with Crippen LogP contribution in [0.25, 0.3) is 11.0 Å². The van der Waals surface area contributed by atoms with Crippen molar-refractivity contribution in [1.82, 2.24) is 5.16 Å². The van der Waals surface area contributed by atoms with Crippen molar-refractivity contribution in [3.63, 3.8) is 0 Å². The average molecular weight is 270 g/mol. The van der Waals surface area contributed by atoms with Gasteiger partial charge in [0.2, 0.25) is 0 Å². The molecule has 0 aliphatic carbocycles. The Morgan fingerprint density at radius 2 is 2.33 bits per heavy atom. The molecule has 1 aromatic carbocycles. The third-order valence-corrected chi connectivity index (χ3v) is 2.73. The van der Waals surface area contributed by atoms with E-state index in [4.69, 9.17) is 9.26 Å². The van der Waals surface area contributed by atoms with Gasteiger partial charge >= 0.3 is 0 Å². The number of nitrogens with zero attached hydrogens (tertiary/aromatic N) is 1. The van der Waals surface area contributed by atoms with E-state index in [-0.39, 0.29) is 0 Å². The Hall–Kier alpha value is -1.03. The molecule has 0 radical (unpaired) electrons. The zero-order valence-corrected chi connectivity index (χ0v) is 10.1. The third kappa shape index (κ3) is 2.31. The second-order valence-electron chi connectivity index (χ2n) is 3.32. The molecule has 0 fully saturated rings. The molecule has 0 bridgehead atoms. The SMILES string of the molecule is Cc1noc2cc(OCCCBr)ccc12. The minimum absolute atomic E-state index is 0.712. The summed E-state index contributed by atoms with van der Waals surface area (Å²) < 4.78 is 10.7. The highest BCUT2D eigenvalue weighted by Gasteiger charge is 2.04. The standard InChI is InChI=1S/C11H12BrNO2/c1-8-10-4-3-9(14-6-2-5-12)7-11(10)15-13-8/h3-4,7H,2,5-6H2,1H3. The molecule has 15 heavy (non-hydrogen) atoms. The van der Waals surface area contributed by atoms with Gasteiger partial charge in [0.1, 0.15) is 5.75 Å². The zero-order chi connectivity index (χ0) is 10.7. The van der Waals surface area contributed by atoms with E-state index in [2.05, 4.69) is 21.1 Å². The number of fused-ring (bicyclic) bond motifs is 1. The Morgan fingerprint density at radius 1 is 1.47 bits per heavy atom. The smallest absolute Gasteiger partial charge is 0.170 e. The van der Waals surface area contributed by atoms with Gasteiger partial charge in [0.05, 0.1) is 12.3 Å². The van der Waals surface area contributed by atoms with Crippen LogP contribution in [0, 0.1) is 6.92 Å². The molecule has 4 heteroatoms. The fraction of sp³-hybridized carbons (Fsp3) is 0.364. The average Bonchev–Trinajstić information content (AvgIpc) is 2.61. The minimum atomic E-state index is 0.712. The molecule has 3 nitrogen and oxygen atoms in total. The van der Waals surface area contributed by atoms with Gasteiger partial charge in [0, 0.05) is 16.8 Å². The Labute approximate surface area is 96.5 Å². The summed E-state index contributed by atoms with van der Waals surface area (Å²) in [5.41, 5.74) is 1.70. The number of benzene rings is 1. The molecule has 0 spiro atoms. The molecule has 0 N–H and O–H groups in total. The fourth-order valence-electron chi connectivity index (χ4n) is 1.38. The highest BCUT2D eigenvalue weighted by molar-refractivity contribution is 9.09. The van der Waals surface area contributed by atoms with Gasteiger partial charge in [-0.2, -0.15) is 0 Å². The lowest BCUT2D eigenvalue weighted by atomic mass is 10.2. The van der Waals surface area contributed by atoms with Crippen molar-refractivity contribution in [2.24, 2.45) is 0 Å². The number of aromatic nitrogens is 1. The summed E-state index contributed by atoms with van der Waals surface area (Å²) in [5.74, 6) is 0.833. The van der Waals surface area contributed by atoms with Crippen LogP contribution >= 0.6 is 15.9 Å². The van der Waals surface area contributed by atoms with Crippen molar-refractivity contribution in [2.45, 2.75) is 13.3 Å². The van der Waals surface area contributed by atoms with Gasteiger partial charge in [-0.3, -0.25) is 0 Å². The number of hydrogen-bond donors (Lipinski definition) is 0. The number of aryl methyl sites for hydroxylation is 1. The number of hydrogen-bond acceptors (Lipinski definition) is 3. The van der Waals surface area contributed by atoms with Crippen LogP contribution in [0.2, 0.25) is 0 Å². The lowest BCUT2D eigenvalue weighted by molar-refractivity contribution is 0.318. The second kappa shape index (κ2) is 4.66. The van der Waals surface area contributed by atoms with E-state index in [0.717, 1.165) is 34.2 Å². The summed E-state index contributed by atoms with van der Waals surface area (Å²) in [4.78, 5) is 0. The van der Waals surface area contributed by atoms with Crippen molar-refractivity contribution in [3.8, 4) is 5.75 Å². The van der Waals surface area contributed by atoms with Crippen LogP contribution in [-0.4, -0.2) is 17.1 Å². The summed E-state index contributed by atoms with van der Waals surface area (Å²) in [5, 5.41) is 5.89. The third-order valence-electron chi connectivity index (χ3n) is 2.17. The second-order valence-corrected chi connectivity index (χ2v) is 4.11. The fourth-order valence-corrected chi connectivity index (χ4v) is 1.61. The molecule has 0 aliphatic rings. The number of ether oxygens (including phenoxy) is 1. The van der Waals surface area contributed by atoms with Crippen LogP contribution in [0.1, 0.15) is 12.1 Å². The summed E-state index contributed by atoms with van der Waals surface area (Å²) >= 11 is 3.36. The van der Waals surface area contributed by atoms with Crippen LogP contribution in [0.15, 0.2) is 22.7 Å². The molecule has 1 aromatic heterocycles. The van der Waals surface area contributed by atoms with Crippen LogP contribution in [0.4, 0.5) is 0 Å². The number of alkyl halides is 1.